The molecular weight excluding hydrogens is 741 g/mol. The van der Waals surface area contributed by atoms with Crippen molar-refractivity contribution in [2.24, 2.45) is 0 Å². The van der Waals surface area contributed by atoms with Crippen LogP contribution in [0.4, 0.5) is 30.7 Å². The van der Waals surface area contributed by atoms with Crippen LogP contribution in [0.2, 0.25) is 0 Å². The average Bonchev–Trinajstić information content (AvgIpc) is 3.13. The van der Waals surface area contributed by atoms with E-state index >= 15 is 8.78 Å². The number of esters is 2. The normalized spacial score (nSPS) is 11.5. The lowest BCUT2D eigenvalue weighted by molar-refractivity contribution is -0.193. The third-order valence-electron chi connectivity index (χ3n) is 7.56. The molecule has 0 radical (unpaired) electrons. The molecule has 0 unspecified atom stereocenters. The number of hydrogen-bond donors (Lipinski definition) is 0. The van der Waals surface area contributed by atoms with Gasteiger partial charge in [0.2, 0.25) is 0 Å². The lowest BCUT2D eigenvalue weighted by Gasteiger charge is -2.23. The first-order valence-corrected chi connectivity index (χ1v) is 17.0. The molecule has 55 heavy (non-hydrogen) atoms. The van der Waals surface area contributed by atoms with Gasteiger partial charge >= 0.3 is 30.3 Å². The molecule has 0 bridgehead atoms. The number of unbranched alkanes of at least 4 members (excludes halogenated alkanes) is 6. The quantitative estimate of drug-likeness (QED) is 0.0384. The highest BCUT2D eigenvalue weighted by Gasteiger charge is 2.42. The molecule has 0 aliphatic heterocycles. The Morgan fingerprint density at radius 1 is 0.527 bits per heavy atom. The van der Waals surface area contributed by atoms with Crippen LogP contribution in [0.15, 0.2) is 92.0 Å². The van der Waals surface area contributed by atoms with E-state index in [2.05, 4.69) is 22.6 Å². The van der Waals surface area contributed by atoms with Gasteiger partial charge in [0.1, 0.15) is 28.6 Å². The first kappa shape index (κ1) is 45.9. The second-order valence-electron chi connectivity index (χ2n) is 11.7. The van der Waals surface area contributed by atoms with E-state index in [0.717, 1.165) is 62.1 Å². The van der Waals surface area contributed by atoms with Gasteiger partial charge in [-0.15, -0.1) is 0 Å². The number of carbonyl (C=O) groups excluding carboxylic acids is 2. The Kier molecular flexibility index (Phi) is 18.6. The van der Waals surface area contributed by atoms with Gasteiger partial charge in [0.05, 0.1) is 37.6 Å². The molecule has 3 rings (SSSR count). The van der Waals surface area contributed by atoms with Gasteiger partial charge in [-0.3, -0.25) is 0 Å². The summed E-state index contributed by atoms with van der Waals surface area (Å²) in [5.74, 6) is -2.74. The number of ether oxygens (including phenoxy) is 6. The first-order valence-electron chi connectivity index (χ1n) is 17.0. The van der Waals surface area contributed by atoms with Crippen LogP contribution in [0.5, 0.6) is 23.0 Å². The summed E-state index contributed by atoms with van der Waals surface area (Å²) in [4.78, 5) is 22.0. The zero-order valence-corrected chi connectivity index (χ0v) is 29.3. The van der Waals surface area contributed by atoms with Gasteiger partial charge in [-0.05, 0) is 118 Å². The third-order valence-corrected chi connectivity index (χ3v) is 7.56. The summed E-state index contributed by atoms with van der Waals surface area (Å²) in [5.41, 5.74) is -3.23. The standard InChI is InChI=1S/C39H41F7O8.CH4/c1-3-35(47)51-25-11-7-5-9-23-49-30-17-13-28(14-18-30)38(43,44)53-32-21-22-34(33(27-32)37(40,41)42)54-39(45,46)29-15-19-31(20-16-29)50-24-10-6-8-12-26-52-36(48)4-2;/h3-4,13-22,27H,1-2,5-12,23-26H2;1H4. The molecule has 0 N–H and O–H groups in total. The minimum atomic E-state index is -5.27. The van der Waals surface area contributed by atoms with Gasteiger partial charge in [-0.25, -0.2) is 9.59 Å². The Hall–Kier alpha value is -5.21. The number of benzene rings is 3. The Bertz CT molecular complexity index is 1640. The van der Waals surface area contributed by atoms with E-state index in [1.54, 1.807) is 0 Å². The summed E-state index contributed by atoms with van der Waals surface area (Å²) >= 11 is 0. The molecule has 8 nitrogen and oxygen atoms in total. The van der Waals surface area contributed by atoms with Gasteiger partial charge in [-0.1, -0.05) is 20.6 Å². The van der Waals surface area contributed by atoms with Crippen LogP contribution in [0.25, 0.3) is 0 Å². The fourth-order valence-corrected chi connectivity index (χ4v) is 4.74. The minimum Gasteiger partial charge on any atom is -0.494 e. The van der Waals surface area contributed by atoms with Crippen molar-refractivity contribution < 1.29 is 68.7 Å². The zero-order valence-electron chi connectivity index (χ0n) is 29.3. The molecule has 0 saturated heterocycles. The van der Waals surface area contributed by atoms with Gasteiger partial charge in [0, 0.05) is 12.2 Å². The second kappa shape index (κ2) is 22.2. The highest BCUT2D eigenvalue weighted by molar-refractivity contribution is 5.81. The second-order valence-corrected chi connectivity index (χ2v) is 11.7. The number of hydrogen-bond acceptors (Lipinski definition) is 8. The van der Waals surface area contributed by atoms with E-state index in [9.17, 15) is 31.5 Å². The van der Waals surface area contributed by atoms with Crippen LogP contribution < -0.4 is 18.9 Å². The summed E-state index contributed by atoms with van der Waals surface area (Å²) in [6.07, 6.45) is -5.83. The molecule has 0 spiro atoms. The van der Waals surface area contributed by atoms with Gasteiger partial charge in [-0.2, -0.15) is 30.7 Å². The molecule has 0 atom stereocenters. The molecule has 0 aromatic heterocycles. The van der Waals surface area contributed by atoms with Crippen molar-refractivity contribution in [1.82, 2.24) is 0 Å². The molecule has 0 saturated carbocycles. The van der Waals surface area contributed by atoms with Crippen molar-refractivity contribution in [3.63, 3.8) is 0 Å². The van der Waals surface area contributed by atoms with Gasteiger partial charge < -0.3 is 28.4 Å². The van der Waals surface area contributed by atoms with E-state index in [0.29, 0.717) is 37.8 Å². The lowest BCUT2D eigenvalue weighted by atomic mass is 10.1. The van der Waals surface area contributed by atoms with Crippen molar-refractivity contribution in [3.05, 3.63) is 109 Å². The lowest BCUT2D eigenvalue weighted by Crippen LogP contribution is -2.24. The fourth-order valence-electron chi connectivity index (χ4n) is 4.74. The zero-order chi connectivity index (χ0) is 39.6. The molecular formula is C40H45F7O8. The Balaban J connectivity index is 0.0000105. The van der Waals surface area contributed by atoms with Crippen LogP contribution in [0.3, 0.4) is 0 Å². The SMILES string of the molecule is C.C=CC(=O)OCCCCCCOc1ccc(C(F)(F)Oc2ccc(OC(F)(F)c3ccc(OCCCCCCOC(=O)C=C)cc3)c(C(F)(F)F)c2)cc1. The van der Waals surface area contributed by atoms with Crippen molar-refractivity contribution in [2.75, 3.05) is 26.4 Å². The predicted octanol–water partition coefficient (Wildman–Crippen LogP) is 10.9. The topological polar surface area (TPSA) is 89.5 Å². The fraction of sp³-hybridized carbons (Fsp3) is 0.400. The largest absolute Gasteiger partial charge is 0.494 e. The first-order chi connectivity index (χ1) is 25.6. The van der Waals surface area contributed by atoms with Crippen LogP contribution in [-0.4, -0.2) is 38.4 Å². The molecule has 0 fully saturated rings. The molecule has 0 heterocycles. The maximum atomic E-state index is 15.0. The Labute approximate surface area is 315 Å². The molecule has 0 amide bonds. The number of carbonyl (C=O) groups is 2. The van der Waals surface area contributed by atoms with Crippen LogP contribution in [0, 0.1) is 0 Å². The molecule has 15 heteroatoms. The number of rotatable bonds is 24. The molecule has 302 valence electrons. The van der Waals surface area contributed by atoms with E-state index in [-0.39, 0.29) is 51.4 Å². The maximum absolute atomic E-state index is 15.0. The van der Waals surface area contributed by atoms with Crippen molar-refractivity contribution in [2.45, 2.75) is 77.2 Å². The highest BCUT2D eigenvalue weighted by Crippen LogP contribution is 2.43. The summed E-state index contributed by atoms with van der Waals surface area (Å²) in [6.45, 7) is 7.69. The summed E-state index contributed by atoms with van der Waals surface area (Å²) in [6, 6.07) is 10.0. The molecule has 3 aromatic rings. The smallest absolute Gasteiger partial charge is 0.426 e. The van der Waals surface area contributed by atoms with E-state index in [1.165, 1.54) is 24.3 Å². The van der Waals surface area contributed by atoms with Gasteiger partial charge in [0.15, 0.2) is 0 Å². The number of alkyl halides is 7. The summed E-state index contributed by atoms with van der Waals surface area (Å²) < 4.78 is 132. The van der Waals surface area contributed by atoms with Crippen molar-refractivity contribution in [1.29, 1.82) is 0 Å². The van der Waals surface area contributed by atoms with Crippen LogP contribution in [-0.2, 0) is 37.5 Å². The molecule has 0 aliphatic rings. The summed E-state index contributed by atoms with van der Waals surface area (Å²) in [5, 5.41) is 0. The summed E-state index contributed by atoms with van der Waals surface area (Å²) in [7, 11) is 0. The van der Waals surface area contributed by atoms with Crippen molar-refractivity contribution in [3.8, 4) is 23.0 Å². The third kappa shape index (κ3) is 16.0. The Morgan fingerprint density at radius 2 is 0.909 bits per heavy atom. The van der Waals surface area contributed by atoms with Gasteiger partial charge in [0.25, 0.3) is 0 Å². The number of halogens is 7. The van der Waals surface area contributed by atoms with Crippen LogP contribution >= 0.6 is 0 Å². The average molecular weight is 787 g/mol. The van der Waals surface area contributed by atoms with Crippen molar-refractivity contribution >= 4 is 11.9 Å². The van der Waals surface area contributed by atoms with E-state index in [1.807, 2.05) is 0 Å². The maximum Gasteiger partial charge on any atom is 0.426 e. The highest BCUT2D eigenvalue weighted by atomic mass is 19.4. The minimum absolute atomic E-state index is 0. The Morgan fingerprint density at radius 3 is 1.31 bits per heavy atom. The van der Waals surface area contributed by atoms with Crippen LogP contribution in [0.1, 0.15) is 75.5 Å². The predicted molar refractivity (Wildman–Crippen MR) is 190 cm³/mol. The van der Waals surface area contributed by atoms with E-state index < -0.39 is 58.5 Å². The molecule has 3 aromatic carbocycles. The monoisotopic (exact) mass is 786 g/mol. The molecule has 0 aliphatic carbocycles. The van der Waals surface area contributed by atoms with E-state index in [4.69, 9.17) is 18.9 Å².